The molecule has 18 N–H and O–H groups in total. The molecule has 0 radical (unpaired) electrons. The lowest BCUT2D eigenvalue weighted by atomic mass is 10.1. The Morgan fingerprint density at radius 3 is 1.80 bits per heavy atom. The molecule has 6 heterocycles. The lowest BCUT2D eigenvalue weighted by Gasteiger charge is -2.26. The van der Waals surface area contributed by atoms with Crippen molar-refractivity contribution in [1.82, 2.24) is 29.4 Å². The topological polar surface area (TPSA) is 343 Å². The third kappa shape index (κ3) is 11.5. The number of rotatable bonds is 6. The summed E-state index contributed by atoms with van der Waals surface area (Å²) >= 11 is 0. The number of amidine groups is 2. The minimum absolute atomic E-state index is 0. The van der Waals surface area contributed by atoms with Gasteiger partial charge in [-0.2, -0.15) is 10.2 Å². The predicted molar refractivity (Wildman–Crippen MR) is 202 cm³/mol. The number of aliphatic hydroxyl groups is 2. The first-order chi connectivity index (χ1) is 23.1. The second kappa shape index (κ2) is 21.5. The second-order valence-electron chi connectivity index (χ2n) is 10.9. The summed E-state index contributed by atoms with van der Waals surface area (Å²) in [5, 5.41) is 37.4. The number of anilines is 6. The van der Waals surface area contributed by atoms with Crippen molar-refractivity contribution in [1.29, 1.82) is 0 Å². The van der Waals surface area contributed by atoms with Gasteiger partial charge in [-0.3, -0.25) is 10.5 Å². The standard InChI is InChI=1S/C14H22N8O.C9H14N4.C5H10N4O.2ClH.H2O2/c15-9-7-10(16)14(21-3-1-2-4-21)20-13(9)19-11-8-18-22(5-6-23)12(11)17;10-7-5-8(11)9(12-6-7)13-3-1-2-4-13;6-4-3-8-9(1-2-10)5(4)7;;;1-2/h7-8,10,23H,1-6,15-17H2;5-6H,1-4,10-11H2;3,10H,1-2,6-7H2;2*1H;1-2H. The van der Waals surface area contributed by atoms with E-state index in [9.17, 15) is 0 Å². The maximum atomic E-state index is 8.98. The van der Waals surface area contributed by atoms with Gasteiger partial charge in [0.15, 0.2) is 11.7 Å². The summed E-state index contributed by atoms with van der Waals surface area (Å²) in [7, 11) is 0. The van der Waals surface area contributed by atoms with Crippen LogP contribution in [0.3, 0.4) is 0 Å². The van der Waals surface area contributed by atoms with Gasteiger partial charge in [0.25, 0.3) is 0 Å². The van der Waals surface area contributed by atoms with E-state index < -0.39 is 0 Å². The SMILES string of the molecule is Cl.Cl.NC1=CC(N)C(N2CCCC2)=NC1=Nc1cnn(CCO)c1N.Nc1cnc(N2CCCC2)c(N)c1.Nc1cnn(CCO)c1N.OO. The van der Waals surface area contributed by atoms with Gasteiger partial charge in [-0.15, -0.1) is 24.8 Å². The summed E-state index contributed by atoms with van der Waals surface area (Å²) < 4.78 is 2.94. The van der Waals surface area contributed by atoms with Crippen LogP contribution in [0.15, 0.2) is 46.4 Å². The highest BCUT2D eigenvalue weighted by Gasteiger charge is 2.26. The summed E-state index contributed by atoms with van der Waals surface area (Å²) in [6.07, 6.45) is 11.1. The molecule has 22 heteroatoms. The number of aliphatic hydroxyl groups excluding tert-OH is 2. The van der Waals surface area contributed by atoms with Gasteiger partial charge in [0.1, 0.15) is 23.2 Å². The van der Waals surface area contributed by atoms with Crippen LogP contribution in [0.2, 0.25) is 0 Å². The Morgan fingerprint density at radius 1 is 0.740 bits per heavy atom. The molecule has 3 aliphatic heterocycles. The zero-order chi connectivity index (χ0) is 35.2. The van der Waals surface area contributed by atoms with Gasteiger partial charge in [-0.1, -0.05) is 0 Å². The Morgan fingerprint density at radius 2 is 1.28 bits per heavy atom. The number of halogens is 2. The molecule has 0 bridgehead atoms. The number of likely N-dealkylation sites (tertiary alicyclic amines) is 1. The van der Waals surface area contributed by atoms with E-state index in [0.717, 1.165) is 50.7 Å². The molecule has 0 saturated carbocycles. The van der Waals surface area contributed by atoms with E-state index >= 15 is 0 Å². The highest BCUT2D eigenvalue weighted by atomic mass is 35.5. The zero-order valence-corrected chi connectivity index (χ0v) is 29.3. The minimum atomic E-state index is -0.318. The number of aromatic nitrogens is 5. The van der Waals surface area contributed by atoms with Crippen LogP contribution >= 0.6 is 24.8 Å². The average molecular weight is 746 g/mol. The number of hydrogen-bond acceptors (Lipinski definition) is 17. The van der Waals surface area contributed by atoms with Crippen molar-refractivity contribution < 1.29 is 20.7 Å². The summed E-state index contributed by atoms with van der Waals surface area (Å²) in [6.45, 7) is 4.69. The number of nitrogens with zero attached hydrogens (tertiary/aromatic N) is 9. The average Bonchev–Trinajstić information content (AvgIpc) is 3.90. The summed E-state index contributed by atoms with van der Waals surface area (Å²) in [6, 6.07) is 1.45. The second-order valence-corrected chi connectivity index (χ2v) is 10.9. The van der Waals surface area contributed by atoms with Gasteiger partial charge >= 0.3 is 0 Å². The van der Waals surface area contributed by atoms with Crippen molar-refractivity contribution in [2.45, 2.75) is 44.8 Å². The molecular weight excluding hydrogens is 695 g/mol. The summed E-state index contributed by atoms with van der Waals surface area (Å²) in [5.41, 5.74) is 43.0. The summed E-state index contributed by atoms with van der Waals surface area (Å²) in [4.78, 5) is 17.6. The van der Waals surface area contributed by atoms with Gasteiger partial charge in [0.2, 0.25) is 0 Å². The fraction of sp³-hybridized carbons (Fsp3) is 0.464. The first-order valence-electron chi connectivity index (χ1n) is 15.3. The largest absolute Gasteiger partial charge is 0.397 e. The molecule has 0 amide bonds. The molecule has 0 aliphatic carbocycles. The van der Waals surface area contributed by atoms with Crippen molar-refractivity contribution >= 4 is 76.7 Å². The third-order valence-electron chi connectivity index (χ3n) is 7.51. The van der Waals surface area contributed by atoms with Gasteiger partial charge < -0.3 is 60.1 Å². The maximum Gasteiger partial charge on any atom is 0.177 e. The van der Waals surface area contributed by atoms with E-state index in [-0.39, 0.29) is 44.1 Å². The van der Waals surface area contributed by atoms with Crippen LogP contribution in [0.5, 0.6) is 0 Å². The van der Waals surface area contributed by atoms with Crippen LogP contribution in [0.25, 0.3) is 0 Å². The van der Waals surface area contributed by atoms with Crippen LogP contribution in [-0.4, -0.2) is 107 Å². The van der Waals surface area contributed by atoms with Gasteiger partial charge in [0, 0.05) is 26.2 Å². The number of nitrogens with two attached hydrogens (primary N) is 7. The fourth-order valence-corrected chi connectivity index (χ4v) is 5.13. The van der Waals surface area contributed by atoms with Gasteiger partial charge in [-0.05, 0) is 37.8 Å². The molecular formula is C28H50Cl2N16O4. The Bertz CT molecular complexity index is 1550. The molecule has 280 valence electrons. The first kappa shape index (κ1) is 43.5. The quantitative estimate of drug-likeness (QED) is 0.116. The summed E-state index contributed by atoms with van der Waals surface area (Å²) in [5.74, 6) is 2.84. The number of nitrogen functional groups attached to an aromatic ring is 5. The van der Waals surface area contributed by atoms with Crippen LogP contribution in [0.4, 0.5) is 40.2 Å². The van der Waals surface area contributed by atoms with E-state index in [0.29, 0.717) is 59.0 Å². The van der Waals surface area contributed by atoms with Crippen molar-refractivity contribution in [3.8, 4) is 0 Å². The smallest absolute Gasteiger partial charge is 0.177 e. The van der Waals surface area contributed by atoms with Crippen molar-refractivity contribution in [3.63, 3.8) is 0 Å². The minimum Gasteiger partial charge on any atom is -0.397 e. The predicted octanol–water partition coefficient (Wildman–Crippen LogP) is -0.0876. The third-order valence-corrected chi connectivity index (χ3v) is 7.51. The molecule has 3 aromatic rings. The number of pyridine rings is 1. The first-order valence-corrected chi connectivity index (χ1v) is 15.3. The lowest BCUT2D eigenvalue weighted by molar-refractivity contribution is -0.176. The molecule has 20 nitrogen and oxygen atoms in total. The molecule has 2 fully saturated rings. The molecule has 50 heavy (non-hydrogen) atoms. The number of aliphatic imine (C=N–C) groups is 2. The van der Waals surface area contributed by atoms with Crippen LogP contribution in [-0.2, 0) is 13.1 Å². The Kier molecular flexibility index (Phi) is 18.7. The fourth-order valence-electron chi connectivity index (χ4n) is 5.13. The van der Waals surface area contributed by atoms with E-state index in [1.807, 2.05) is 0 Å². The Labute approximate surface area is 302 Å². The molecule has 1 unspecified atom stereocenters. The zero-order valence-electron chi connectivity index (χ0n) is 27.6. The van der Waals surface area contributed by atoms with E-state index in [4.69, 9.17) is 60.9 Å². The van der Waals surface area contributed by atoms with E-state index in [2.05, 4.69) is 35.0 Å². The molecule has 6 rings (SSSR count). The van der Waals surface area contributed by atoms with Crippen molar-refractivity contribution in [3.05, 3.63) is 36.4 Å². The van der Waals surface area contributed by atoms with E-state index in [1.54, 1.807) is 18.3 Å². The molecule has 0 aromatic carbocycles. The highest BCUT2D eigenvalue weighted by Crippen LogP contribution is 2.26. The molecule has 0 spiro atoms. The molecule has 1 atom stereocenters. The number of hydrogen-bond donors (Lipinski definition) is 11. The maximum absolute atomic E-state index is 8.98. The Hall–Kier alpha value is -4.57. The molecule has 3 aromatic heterocycles. The number of dihydropyridines is 1. The van der Waals surface area contributed by atoms with Crippen molar-refractivity contribution in [2.75, 3.05) is 73.0 Å². The normalized spacial score (nSPS) is 17.1. The highest BCUT2D eigenvalue weighted by molar-refractivity contribution is 6.11. The van der Waals surface area contributed by atoms with Crippen LogP contribution in [0.1, 0.15) is 25.7 Å². The molecule has 3 aliphatic rings. The lowest BCUT2D eigenvalue weighted by Crippen LogP contribution is -2.44. The van der Waals surface area contributed by atoms with E-state index in [1.165, 1.54) is 34.6 Å². The van der Waals surface area contributed by atoms with Gasteiger partial charge in [0.05, 0.1) is 73.7 Å². The van der Waals surface area contributed by atoms with Crippen LogP contribution in [0, 0.1) is 0 Å². The van der Waals surface area contributed by atoms with Crippen molar-refractivity contribution in [2.24, 2.45) is 21.5 Å². The monoisotopic (exact) mass is 744 g/mol. The van der Waals surface area contributed by atoms with Crippen LogP contribution < -0.4 is 45.0 Å². The Balaban J connectivity index is 0.000000394. The molecule has 2 saturated heterocycles. The van der Waals surface area contributed by atoms with Gasteiger partial charge in [-0.25, -0.2) is 24.3 Å².